The lowest BCUT2D eigenvalue weighted by atomic mass is 9.82. The molecule has 5 rings (SSSR count). The van der Waals surface area contributed by atoms with Gasteiger partial charge in [0.25, 0.3) is 0 Å². The van der Waals surface area contributed by atoms with E-state index in [0.717, 1.165) is 44.3 Å². The van der Waals surface area contributed by atoms with Crippen molar-refractivity contribution < 1.29 is 23.8 Å². The molecule has 0 aromatic heterocycles. The molecule has 4 aromatic carbocycles. The van der Waals surface area contributed by atoms with Gasteiger partial charge in [0.15, 0.2) is 0 Å². The first kappa shape index (κ1) is 30.1. The molecule has 0 bridgehead atoms. The molecule has 3 unspecified atom stereocenters. The zero-order chi connectivity index (χ0) is 30.9. The summed E-state index contributed by atoms with van der Waals surface area (Å²) in [6, 6.07) is 26.3. The number of esters is 1. The Morgan fingerprint density at radius 2 is 1.67 bits per heavy atom. The molecular weight excluding hydrogens is 538 g/mol. The molecule has 0 N–H and O–H groups in total. The minimum Gasteiger partial charge on any atom is -0.488 e. The molecule has 1 aliphatic rings. The fourth-order valence-electron chi connectivity index (χ4n) is 6.04. The number of aryl methyl sites for hydroxylation is 1. The first-order valence-corrected chi connectivity index (χ1v) is 14.9. The zero-order valence-electron chi connectivity index (χ0n) is 26.1. The quantitative estimate of drug-likeness (QED) is 0.214. The van der Waals surface area contributed by atoms with Gasteiger partial charge in [0.1, 0.15) is 17.5 Å². The summed E-state index contributed by atoms with van der Waals surface area (Å²) >= 11 is 0. The van der Waals surface area contributed by atoms with E-state index < -0.39 is 5.60 Å². The third kappa shape index (κ3) is 6.38. The van der Waals surface area contributed by atoms with E-state index in [2.05, 4.69) is 36.4 Å². The number of hydrogen-bond acceptors (Lipinski definition) is 5. The average molecular weight is 580 g/mol. The molecule has 1 heterocycles. The third-order valence-electron chi connectivity index (χ3n) is 8.35. The molecule has 0 fully saturated rings. The number of ether oxygens (including phenoxy) is 3. The fraction of sp³-hybridized carbons (Fsp3) is 0.351. The summed E-state index contributed by atoms with van der Waals surface area (Å²) in [5, 5.41) is 2.22. The van der Waals surface area contributed by atoms with Crippen molar-refractivity contribution in [1.29, 1.82) is 0 Å². The topological polar surface area (TPSA) is 65.1 Å². The second kappa shape index (κ2) is 12.1. The number of methoxy groups -OCH3 is 1. The van der Waals surface area contributed by atoms with Crippen LogP contribution in [0.1, 0.15) is 84.3 Å². The van der Waals surface area contributed by atoms with Crippen LogP contribution < -0.4 is 4.74 Å². The van der Waals surface area contributed by atoms with Gasteiger partial charge >= 0.3 is 12.1 Å². The van der Waals surface area contributed by atoms with Crippen LogP contribution in [-0.2, 0) is 9.47 Å². The van der Waals surface area contributed by atoms with Crippen molar-refractivity contribution >= 4 is 22.8 Å². The SMILES string of the molecule is COC(=O)c1cc(C2CC(CN(C(=O)OC(C)(C)C)C(C)c3cccc4ccccc34)Oc3ccccc32)cc(C)c1C. The van der Waals surface area contributed by atoms with Crippen molar-refractivity contribution in [2.75, 3.05) is 13.7 Å². The Balaban J connectivity index is 1.53. The molecule has 0 saturated carbocycles. The number of nitrogens with zero attached hydrogens (tertiary/aromatic N) is 1. The van der Waals surface area contributed by atoms with E-state index >= 15 is 0 Å². The molecular formula is C37H41NO5. The van der Waals surface area contributed by atoms with Gasteiger partial charge in [-0.1, -0.05) is 66.7 Å². The highest BCUT2D eigenvalue weighted by molar-refractivity contribution is 5.91. The van der Waals surface area contributed by atoms with Crippen LogP contribution in [0, 0.1) is 13.8 Å². The zero-order valence-corrected chi connectivity index (χ0v) is 26.1. The van der Waals surface area contributed by atoms with Crippen LogP contribution >= 0.6 is 0 Å². The standard InChI is InChI=1S/C37H41NO5/c1-23-19-27(20-32(24(23)2)35(39)41-7)33-21-28(42-34-18-11-10-16-31(33)34)22-38(36(40)43-37(4,5)6)25(3)29-17-12-14-26-13-8-9-15-30(26)29/h8-20,25,28,33H,21-22H2,1-7H3. The number of carbonyl (C=O) groups is 2. The predicted octanol–water partition coefficient (Wildman–Crippen LogP) is 8.52. The predicted molar refractivity (Wildman–Crippen MR) is 170 cm³/mol. The number of rotatable bonds is 6. The van der Waals surface area contributed by atoms with E-state index in [1.54, 1.807) is 4.90 Å². The highest BCUT2D eigenvalue weighted by Gasteiger charge is 2.35. The van der Waals surface area contributed by atoms with E-state index in [9.17, 15) is 9.59 Å². The third-order valence-corrected chi connectivity index (χ3v) is 8.35. The first-order valence-electron chi connectivity index (χ1n) is 14.9. The van der Waals surface area contributed by atoms with Gasteiger partial charge in [0.05, 0.1) is 25.3 Å². The van der Waals surface area contributed by atoms with Crippen LogP contribution in [0.25, 0.3) is 10.8 Å². The Morgan fingerprint density at radius 3 is 2.42 bits per heavy atom. The van der Waals surface area contributed by atoms with E-state index in [1.807, 2.05) is 84.0 Å². The van der Waals surface area contributed by atoms with Crippen molar-refractivity contribution in [2.24, 2.45) is 0 Å². The van der Waals surface area contributed by atoms with E-state index in [-0.39, 0.29) is 30.1 Å². The maximum absolute atomic E-state index is 13.8. The summed E-state index contributed by atoms with van der Waals surface area (Å²) in [4.78, 5) is 28.3. The number of para-hydroxylation sites is 1. The molecule has 3 atom stereocenters. The van der Waals surface area contributed by atoms with Gasteiger partial charge in [-0.25, -0.2) is 9.59 Å². The second-order valence-electron chi connectivity index (χ2n) is 12.4. The van der Waals surface area contributed by atoms with E-state index in [4.69, 9.17) is 14.2 Å². The van der Waals surface area contributed by atoms with Gasteiger partial charge in [-0.15, -0.1) is 0 Å². The highest BCUT2D eigenvalue weighted by atomic mass is 16.6. The Bertz CT molecular complexity index is 1650. The van der Waals surface area contributed by atoms with Crippen molar-refractivity contribution in [3.63, 3.8) is 0 Å². The molecule has 6 nitrogen and oxygen atoms in total. The minimum absolute atomic E-state index is 0.0361. The van der Waals surface area contributed by atoms with Gasteiger partial charge in [-0.2, -0.15) is 0 Å². The number of amides is 1. The normalized spacial score (nSPS) is 17.0. The van der Waals surface area contributed by atoms with Gasteiger partial charge in [0.2, 0.25) is 0 Å². The molecule has 43 heavy (non-hydrogen) atoms. The van der Waals surface area contributed by atoms with E-state index in [0.29, 0.717) is 18.5 Å². The largest absolute Gasteiger partial charge is 0.488 e. The van der Waals surface area contributed by atoms with Gasteiger partial charge < -0.3 is 14.2 Å². The summed E-state index contributed by atoms with van der Waals surface area (Å²) in [6.45, 7) is 12.0. The second-order valence-corrected chi connectivity index (χ2v) is 12.4. The summed E-state index contributed by atoms with van der Waals surface area (Å²) in [7, 11) is 1.41. The summed E-state index contributed by atoms with van der Waals surface area (Å²) in [6.07, 6.45) is -0.0686. The number of carbonyl (C=O) groups excluding carboxylic acids is 2. The van der Waals surface area contributed by atoms with Crippen LogP contribution in [0.4, 0.5) is 4.79 Å². The average Bonchev–Trinajstić information content (AvgIpc) is 2.98. The Morgan fingerprint density at radius 1 is 0.977 bits per heavy atom. The van der Waals surface area contributed by atoms with Crippen molar-refractivity contribution in [3.8, 4) is 5.75 Å². The van der Waals surface area contributed by atoms with Crippen LogP contribution in [0.5, 0.6) is 5.75 Å². The molecule has 4 aromatic rings. The molecule has 0 radical (unpaired) electrons. The molecule has 224 valence electrons. The van der Waals surface area contributed by atoms with Gasteiger partial charge in [-0.3, -0.25) is 4.90 Å². The lowest BCUT2D eigenvalue weighted by Gasteiger charge is -2.38. The van der Waals surface area contributed by atoms with Gasteiger partial charge in [0, 0.05) is 11.5 Å². The minimum atomic E-state index is -0.653. The van der Waals surface area contributed by atoms with Crippen LogP contribution in [0.3, 0.4) is 0 Å². The smallest absolute Gasteiger partial charge is 0.410 e. The maximum Gasteiger partial charge on any atom is 0.410 e. The summed E-state index contributed by atoms with van der Waals surface area (Å²) < 4.78 is 17.6. The first-order chi connectivity index (χ1) is 20.5. The molecule has 0 saturated heterocycles. The van der Waals surface area contributed by atoms with Crippen LogP contribution in [0.15, 0.2) is 78.9 Å². The lowest BCUT2D eigenvalue weighted by molar-refractivity contribution is 0.00569. The van der Waals surface area contributed by atoms with E-state index in [1.165, 1.54) is 7.11 Å². The lowest BCUT2D eigenvalue weighted by Crippen LogP contribution is -2.45. The summed E-state index contributed by atoms with van der Waals surface area (Å²) in [5.74, 6) is 0.397. The number of hydrogen-bond donors (Lipinski definition) is 0. The number of benzene rings is 4. The maximum atomic E-state index is 13.8. The monoisotopic (exact) mass is 579 g/mol. The molecule has 1 aliphatic heterocycles. The highest BCUT2D eigenvalue weighted by Crippen LogP contribution is 2.42. The molecule has 0 spiro atoms. The van der Waals surface area contributed by atoms with Gasteiger partial charge in [-0.05, 0) is 93.1 Å². The Labute approximate surface area is 254 Å². The Kier molecular flexibility index (Phi) is 8.50. The molecule has 6 heteroatoms. The van der Waals surface area contributed by atoms with Crippen molar-refractivity contribution in [3.05, 3.63) is 112 Å². The van der Waals surface area contributed by atoms with Crippen molar-refractivity contribution in [1.82, 2.24) is 4.90 Å². The molecule has 1 amide bonds. The molecule has 0 aliphatic carbocycles. The van der Waals surface area contributed by atoms with Crippen molar-refractivity contribution in [2.45, 2.75) is 71.6 Å². The van der Waals surface area contributed by atoms with Crippen LogP contribution in [-0.4, -0.2) is 42.3 Å². The Hall–Kier alpha value is -4.32. The fourth-order valence-corrected chi connectivity index (χ4v) is 6.04. The number of fused-ring (bicyclic) bond motifs is 2. The van der Waals surface area contributed by atoms with Crippen LogP contribution in [0.2, 0.25) is 0 Å². The summed E-state index contributed by atoms with van der Waals surface area (Å²) in [5.41, 5.74) is 4.98.